The second-order valence-corrected chi connectivity index (χ2v) is 4.82. The number of piperidine rings is 1. The Labute approximate surface area is 112 Å². The second-order valence-electron chi connectivity index (χ2n) is 4.05. The van der Waals surface area contributed by atoms with E-state index in [4.69, 9.17) is 9.47 Å². The van der Waals surface area contributed by atoms with E-state index in [9.17, 15) is 0 Å². The van der Waals surface area contributed by atoms with Crippen molar-refractivity contribution in [3.05, 3.63) is 6.07 Å². The average molecular weight is 269 g/mol. The lowest BCUT2D eigenvalue weighted by atomic mass is 10.1. The summed E-state index contributed by atoms with van der Waals surface area (Å²) in [5.41, 5.74) is 0. The number of rotatable bonds is 5. The minimum Gasteiger partial charge on any atom is -0.478 e. The van der Waals surface area contributed by atoms with Crippen molar-refractivity contribution in [3.8, 4) is 11.8 Å². The van der Waals surface area contributed by atoms with Crippen LogP contribution < -0.4 is 14.8 Å². The van der Waals surface area contributed by atoms with E-state index < -0.39 is 0 Å². The largest absolute Gasteiger partial charge is 0.478 e. The maximum absolute atomic E-state index is 5.88. The highest BCUT2D eigenvalue weighted by Gasteiger charge is 2.16. The molecule has 1 aliphatic heterocycles. The Morgan fingerprint density at radius 1 is 1.44 bits per heavy atom. The standard InChI is InChI=1S/C12H19N3O2S/c1-3-16-10-7-11(15-12(14-10)18-2)17-9-5-4-6-13-8-9/h7,9,13H,3-6,8H2,1-2H3/t9-/m0/s1. The smallest absolute Gasteiger partial charge is 0.221 e. The van der Waals surface area contributed by atoms with Gasteiger partial charge in [-0.1, -0.05) is 11.8 Å². The zero-order chi connectivity index (χ0) is 12.8. The van der Waals surface area contributed by atoms with Crippen molar-refractivity contribution in [2.75, 3.05) is 26.0 Å². The van der Waals surface area contributed by atoms with Crippen LogP contribution in [0.25, 0.3) is 0 Å². The topological polar surface area (TPSA) is 56.3 Å². The molecule has 1 N–H and O–H groups in total. The van der Waals surface area contributed by atoms with Gasteiger partial charge in [0.15, 0.2) is 5.16 Å². The van der Waals surface area contributed by atoms with Gasteiger partial charge in [0, 0.05) is 6.54 Å². The molecule has 1 atom stereocenters. The summed E-state index contributed by atoms with van der Waals surface area (Å²) in [5, 5.41) is 4.00. The summed E-state index contributed by atoms with van der Waals surface area (Å²) in [6, 6.07) is 1.76. The summed E-state index contributed by atoms with van der Waals surface area (Å²) >= 11 is 1.49. The van der Waals surface area contributed by atoms with E-state index >= 15 is 0 Å². The predicted molar refractivity (Wildman–Crippen MR) is 71.5 cm³/mol. The molecule has 1 fully saturated rings. The molecule has 1 aliphatic rings. The molecule has 0 saturated carbocycles. The summed E-state index contributed by atoms with van der Waals surface area (Å²) in [7, 11) is 0. The summed E-state index contributed by atoms with van der Waals surface area (Å²) in [6.45, 7) is 4.48. The molecule has 0 aliphatic carbocycles. The van der Waals surface area contributed by atoms with Crippen LogP contribution in [0, 0.1) is 0 Å². The van der Waals surface area contributed by atoms with Gasteiger partial charge in [-0.2, -0.15) is 9.97 Å². The van der Waals surface area contributed by atoms with Gasteiger partial charge in [-0.05, 0) is 32.6 Å². The molecule has 1 aromatic heterocycles. The summed E-state index contributed by atoms with van der Waals surface area (Å²) in [5.74, 6) is 1.18. The average Bonchev–Trinajstić information content (AvgIpc) is 2.40. The van der Waals surface area contributed by atoms with E-state index in [0.29, 0.717) is 23.5 Å². The van der Waals surface area contributed by atoms with Crippen LogP contribution in [0.15, 0.2) is 11.2 Å². The minimum absolute atomic E-state index is 0.192. The molecule has 0 bridgehead atoms. The molecular weight excluding hydrogens is 250 g/mol. The Hall–Kier alpha value is -1.01. The molecule has 2 heterocycles. The van der Waals surface area contributed by atoms with Crippen LogP contribution in [0.3, 0.4) is 0 Å². The number of nitrogens with one attached hydrogen (secondary N) is 1. The number of nitrogens with zero attached hydrogens (tertiary/aromatic N) is 2. The van der Waals surface area contributed by atoms with Gasteiger partial charge in [0.2, 0.25) is 11.8 Å². The first-order chi connectivity index (χ1) is 8.81. The van der Waals surface area contributed by atoms with E-state index in [1.54, 1.807) is 6.07 Å². The number of hydrogen-bond acceptors (Lipinski definition) is 6. The molecule has 1 saturated heterocycles. The molecular formula is C12H19N3O2S. The minimum atomic E-state index is 0.192. The Morgan fingerprint density at radius 2 is 2.28 bits per heavy atom. The van der Waals surface area contributed by atoms with Crippen LogP contribution >= 0.6 is 11.8 Å². The first-order valence-corrected chi connectivity index (χ1v) is 7.47. The fourth-order valence-corrected chi connectivity index (χ4v) is 2.21. The van der Waals surface area contributed by atoms with Gasteiger partial charge in [0.25, 0.3) is 0 Å². The van der Waals surface area contributed by atoms with Crippen LogP contribution in [0.4, 0.5) is 0 Å². The van der Waals surface area contributed by atoms with Gasteiger partial charge in [-0.25, -0.2) is 0 Å². The zero-order valence-electron chi connectivity index (χ0n) is 10.8. The Morgan fingerprint density at radius 3 is 2.94 bits per heavy atom. The van der Waals surface area contributed by atoms with E-state index in [1.807, 2.05) is 13.2 Å². The number of ether oxygens (including phenoxy) is 2. The molecule has 0 aromatic carbocycles. The maximum atomic E-state index is 5.88. The summed E-state index contributed by atoms with van der Waals surface area (Å²) < 4.78 is 11.3. The molecule has 0 amide bonds. The van der Waals surface area contributed by atoms with Gasteiger partial charge in [-0.3, -0.25) is 0 Å². The SMILES string of the molecule is CCOc1cc(O[C@H]2CCCNC2)nc(SC)n1. The van der Waals surface area contributed by atoms with Crippen molar-refractivity contribution in [2.45, 2.75) is 31.0 Å². The Balaban J connectivity index is 2.07. The second kappa shape index (κ2) is 6.80. The van der Waals surface area contributed by atoms with Crippen molar-refractivity contribution < 1.29 is 9.47 Å². The van der Waals surface area contributed by atoms with Crippen LogP contribution in [-0.4, -0.2) is 42.0 Å². The molecule has 2 rings (SSSR count). The van der Waals surface area contributed by atoms with E-state index in [2.05, 4.69) is 15.3 Å². The van der Waals surface area contributed by atoms with Crippen LogP contribution in [-0.2, 0) is 0 Å². The van der Waals surface area contributed by atoms with Crippen molar-refractivity contribution in [1.29, 1.82) is 0 Å². The van der Waals surface area contributed by atoms with Crippen molar-refractivity contribution in [2.24, 2.45) is 0 Å². The van der Waals surface area contributed by atoms with Gasteiger partial charge in [0.05, 0.1) is 12.7 Å². The highest BCUT2D eigenvalue weighted by molar-refractivity contribution is 7.98. The van der Waals surface area contributed by atoms with Gasteiger partial charge in [0.1, 0.15) is 6.10 Å². The lowest BCUT2D eigenvalue weighted by Gasteiger charge is -2.23. The molecule has 0 radical (unpaired) electrons. The zero-order valence-corrected chi connectivity index (χ0v) is 11.6. The first-order valence-electron chi connectivity index (χ1n) is 6.25. The third-order valence-corrected chi connectivity index (χ3v) is 3.22. The van der Waals surface area contributed by atoms with Crippen LogP contribution in [0.1, 0.15) is 19.8 Å². The summed E-state index contributed by atoms with van der Waals surface area (Å²) in [4.78, 5) is 8.62. The number of thioether (sulfide) groups is 1. The van der Waals surface area contributed by atoms with Crippen molar-refractivity contribution >= 4 is 11.8 Å². The van der Waals surface area contributed by atoms with Gasteiger partial charge < -0.3 is 14.8 Å². The fourth-order valence-electron chi connectivity index (χ4n) is 1.85. The van der Waals surface area contributed by atoms with Gasteiger partial charge in [-0.15, -0.1) is 0 Å². The molecule has 0 spiro atoms. The lowest BCUT2D eigenvalue weighted by molar-refractivity contribution is 0.158. The lowest BCUT2D eigenvalue weighted by Crippen LogP contribution is -2.37. The van der Waals surface area contributed by atoms with E-state index in [-0.39, 0.29) is 6.10 Å². The van der Waals surface area contributed by atoms with Crippen molar-refractivity contribution in [3.63, 3.8) is 0 Å². The molecule has 0 unspecified atom stereocenters. The third kappa shape index (κ3) is 3.74. The quantitative estimate of drug-likeness (QED) is 0.649. The highest BCUT2D eigenvalue weighted by atomic mass is 32.2. The highest BCUT2D eigenvalue weighted by Crippen LogP contribution is 2.22. The van der Waals surface area contributed by atoms with E-state index in [1.165, 1.54) is 11.8 Å². The first kappa shape index (κ1) is 13.4. The Bertz CT molecular complexity index is 384. The molecule has 18 heavy (non-hydrogen) atoms. The summed E-state index contributed by atoms with van der Waals surface area (Å²) in [6.07, 6.45) is 4.34. The van der Waals surface area contributed by atoms with Gasteiger partial charge >= 0.3 is 0 Å². The monoisotopic (exact) mass is 269 g/mol. The van der Waals surface area contributed by atoms with E-state index in [0.717, 1.165) is 25.9 Å². The third-order valence-electron chi connectivity index (χ3n) is 2.67. The number of hydrogen-bond donors (Lipinski definition) is 1. The predicted octanol–water partition coefficient (Wildman–Crippen LogP) is 1.73. The molecule has 1 aromatic rings. The van der Waals surface area contributed by atoms with Crippen LogP contribution in [0.5, 0.6) is 11.8 Å². The molecule has 100 valence electrons. The fraction of sp³-hybridized carbons (Fsp3) is 0.667. The van der Waals surface area contributed by atoms with Crippen LogP contribution in [0.2, 0.25) is 0 Å². The molecule has 6 heteroatoms. The number of aromatic nitrogens is 2. The normalized spacial score (nSPS) is 19.6. The Kier molecular flexibility index (Phi) is 5.07. The molecule has 5 nitrogen and oxygen atoms in total. The van der Waals surface area contributed by atoms with Crippen molar-refractivity contribution in [1.82, 2.24) is 15.3 Å². The maximum Gasteiger partial charge on any atom is 0.221 e.